The lowest BCUT2D eigenvalue weighted by atomic mass is 9.98. The predicted octanol–water partition coefficient (Wildman–Crippen LogP) is 1.97. The number of aryl methyl sites for hydroxylation is 1. The Bertz CT molecular complexity index is 379. The smallest absolute Gasteiger partial charge is 0.0235 e. The van der Waals surface area contributed by atoms with Gasteiger partial charge in [0.25, 0.3) is 0 Å². The molecule has 2 atom stereocenters. The first-order valence-corrected chi connectivity index (χ1v) is 7.83. The zero-order valence-corrected chi connectivity index (χ0v) is 13.0. The van der Waals surface area contributed by atoms with Crippen LogP contribution in [0, 0.1) is 0 Å². The molecular formula is C17H29N3. The largest absolute Gasteiger partial charge is 0.328 e. The van der Waals surface area contributed by atoms with Crippen LogP contribution in [0.1, 0.15) is 24.8 Å². The quantitative estimate of drug-likeness (QED) is 0.861. The van der Waals surface area contributed by atoms with Gasteiger partial charge in [0.1, 0.15) is 0 Å². The molecule has 112 valence electrons. The van der Waals surface area contributed by atoms with Gasteiger partial charge in [-0.15, -0.1) is 0 Å². The van der Waals surface area contributed by atoms with Crippen LogP contribution in [0.3, 0.4) is 0 Å². The van der Waals surface area contributed by atoms with E-state index in [0.29, 0.717) is 12.1 Å². The van der Waals surface area contributed by atoms with Gasteiger partial charge in [-0.1, -0.05) is 30.3 Å². The maximum absolute atomic E-state index is 6.33. The summed E-state index contributed by atoms with van der Waals surface area (Å²) in [4.78, 5) is 4.89. The Morgan fingerprint density at radius 2 is 1.95 bits per heavy atom. The van der Waals surface area contributed by atoms with Crippen LogP contribution >= 0.6 is 0 Å². The molecule has 2 N–H and O–H groups in total. The zero-order chi connectivity index (χ0) is 14.4. The van der Waals surface area contributed by atoms with Crippen LogP contribution in [-0.2, 0) is 6.42 Å². The monoisotopic (exact) mass is 275 g/mol. The van der Waals surface area contributed by atoms with Crippen molar-refractivity contribution in [1.29, 1.82) is 0 Å². The molecule has 0 aromatic heterocycles. The van der Waals surface area contributed by atoms with Gasteiger partial charge in [-0.2, -0.15) is 0 Å². The number of hydrogen-bond acceptors (Lipinski definition) is 3. The van der Waals surface area contributed by atoms with Gasteiger partial charge in [-0.3, -0.25) is 0 Å². The first-order chi connectivity index (χ1) is 9.65. The van der Waals surface area contributed by atoms with Crippen LogP contribution in [0.2, 0.25) is 0 Å². The Kier molecular flexibility index (Phi) is 6.02. The van der Waals surface area contributed by atoms with Crippen molar-refractivity contribution in [1.82, 2.24) is 9.80 Å². The molecule has 0 aliphatic carbocycles. The van der Waals surface area contributed by atoms with E-state index in [4.69, 9.17) is 5.73 Å². The fraction of sp³-hybridized carbons (Fsp3) is 0.647. The van der Waals surface area contributed by atoms with Gasteiger partial charge < -0.3 is 15.5 Å². The summed E-state index contributed by atoms with van der Waals surface area (Å²) in [5.41, 5.74) is 7.76. The van der Waals surface area contributed by atoms with Crippen molar-refractivity contribution in [2.24, 2.45) is 5.73 Å². The second-order valence-electron chi connectivity index (χ2n) is 6.27. The highest BCUT2D eigenvalue weighted by molar-refractivity contribution is 5.14. The van der Waals surface area contributed by atoms with E-state index in [-0.39, 0.29) is 0 Å². The highest BCUT2D eigenvalue weighted by atomic mass is 15.3. The van der Waals surface area contributed by atoms with Crippen LogP contribution in [0.15, 0.2) is 30.3 Å². The minimum Gasteiger partial charge on any atom is -0.328 e. The molecule has 0 spiro atoms. The second kappa shape index (κ2) is 7.77. The Morgan fingerprint density at radius 3 is 2.70 bits per heavy atom. The maximum Gasteiger partial charge on any atom is 0.0235 e. The summed E-state index contributed by atoms with van der Waals surface area (Å²) in [6.45, 7) is 3.50. The Labute approximate surface area is 123 Å². The van der Waals surface area contributed by atoms with Crippen molar-refractivity contribution < 1.29 is 0 Å². The Hall–Kier alpha value is -0.900. The number of nitrogens with two attached hydrogens (primary N) is 1. The first-order valence-electron chi connectivity index (χ1n) is 7.83. The molecule has 1 aromatic rings. The van der Waals surface area contributed by atoms with E-state index in [1.165, 1.54) is 18.5 Å². The van der Waals surface area contributed by atoms with Gasteiger partial charge in [0.05, 0.1) is 0 Å². The number of likely N-dealkylation sites (N-methyl/N-ethyl adjacent to an activating group) is 2. The summed E-state index contributed by atoms with van der Waals surface area (Å²) < 4.78 is 0. The fourth-order valence-corrected chi connectivity index (χ4v) is 3.04. The molecule has 0 amide bonds. The average Bonchev–Trinajstić information content (AvgIpc) is 2.44. The number of rotatable bonds is 6. The van der Waals surface area contributed by atoms with E-state index in [0.717, 1.165) is 32.4 Å². The van der Waals surface area contributed by atoms with Crippen molar-refractivity contribution in [2.75, 3.05) is 33.7 Å². The molecule has 1 aliphatic rings. The molecule has 0 bridgehead atoms. The molecule has 0 saturated carbocycles. The van der Waals surface area contributed by atoms with Crippen LogP contribution in [0.4, 0.5) is 0 Å². The molecule has 20 heavy (non-hydrogen) atoms. The molecule has 2 unspecified atom stereocenters. The molecule has 1 aromatic carbocycles. The number of nitrogens with zero attached hydrogens (tertiary/aromatic N) is 2. The van der Waals surface area contributed by atoms with E-state index >= 15 is 0 Å². The summed E-state index contributed by atoms with van der Waals surface area (Å²) >= 11 is 0. The maximum atomic E-state index is 6.33. The third-order valence-corrected chi connectivity index (χ3v) is 4.44. The normalized spacial score (nSPS) is 22.9. The summed E-state index contributed by atoms with van der Waals surface area (Å²) in [6, 6.07) is 11.7. The second-order valence-corrected chi connectivity index (χ2v) is 6.27. The third-order valence-electron chi connectivity index (χ3n) is 4.44. The third kappa shape index (κ3) is 4.89. The standard InChI is InChI=1S/C17H29N3/c1-19-11-12-20(2)17(14-19)13-16(18)10-6-9-15-7-4-3-5-8-15/h3-5,7-8,16-17H,6,9-14,18H2,1-2H3. The number of piperazine rings is 1. The highest BCUT2D eigenvalue weighted by Gasteiger charge is 2.23. The van der Waals surface area contributed by atoms with Crippen LogP contribution < -0.4 is 5.73 Å². The minimum atomic E-state index is 0.331. The van der Waals surface area contributed by atoms with Crippen molar-refractivity contribution in [2.45, 2.75) is 37.8 Å². The summed E-state index contributed by atoms with van der Waals surface area (Å²) in [6.07, 6.45) is 4.59. The summed E-state index contributed by atoms with van der Waals surface area (Å²) in [5.74, 6) is 0. The van der Waals surface area contributed by atoms with E-state index < -0.39 is 0 Å². The molecule has 1 saturated heterocycles. The lowest BCUT2D eigenvalue weighted by Crippen LogP contribution is -2.51. The van der Waals surface area contributed by atoms with Crippen LogP contribution in [0.5, 0.6) is 0 Å². The van der Waals surface area contributed by atoms with E-state index in [2.05, 4.69) is 54.2 Å². The van der Waals surface area contributed by atoms with Gasteiger partial charge in [0.2, 0.25) is 0 Å². The van der Waals surface area contributed by atoms with Gasteiger partial charge in [-0.05, 0) is 45.3 Å². The van der Waals surface area contributed by atoms with Gasteiger partial charge >= 0.3 is 0 Å². The van der Waals surface area contributed by atoms with Gasteiger partial charge in [0, 0.05) is 31.7 Å². The van der Waals surface area contributed by atoms with E-state index in [1.54, 1.807) is 0 Å². The molecule has 3 heteroatoms. The van der Waals surface area contributed by atoms with Crippen molar-refractivity contribution in [3.8, 4) is 0 Å². The van der Waals surface area contributed by atoms with Crippen molar-refractivity contribution >= 4 is 0 Å². The predicted molar refractivity (Wildman–Crippen MR) is 85.9 cm³/mol. The lowest BCUT2D eigenvalue weighted by molar-refractivity contribution is 0.103. The molecule has 1 heterocycles. The van der Waals surface area contributed by atoms with Crippen molar-refractivity contribution in [3.63, 3.8) is 0 Å². The minimum absolute atomic E-state index is 0.331. The molecule has 2 rings (SSSR count). The molecule has 0 radical (unpaired) electrons. The van der Waals surface area contributed by atoms with Gasteiger partial charge in [-0.25, -0.2) is 0 Å². The lowest BCUT2D eigenvalue weighted by Gasteiger charge is -2.38. The highest BCUT2D eigenvalue weighted by Crippen LogP contribution is 2.14. The topological polar surface area (TPSA) is 32.5 Å². The Morgan fingerprint density at radius 1 is 1.20 bits per heavy atom. The van der Waals surface area contributed by atoms with E-state index in [9.17, 15) is 0 Å². The van der Waals surface area contributed by atoms with Gasteiger partial charge in [0.15, 0.2) is 0 Å². The number of benzene rings is 1. The van der Waals surface area contributed by atoms with Crippen molar-refractivity contribution in [3.05, 3.63) is 35.9 Å². The number of hydrogen-bond donors (Lipinski definition) is 1. The Balaban J connectivity index is 1.68. The summed E-state index contributed by atoms with van der Waals surface area (Å²) in [7, 11) is 4.44. The average molecular weight is 275 g/mol. The molecule has 1 aliphatic heterocycles. The SMILES string of the molecule is CN1CCN(C)C(CC(N)CCCc2ccccc2)C1. The van der Waals surface area contributed by atoms with E-state index in [1.807, 2.05) is 0 Å². The molecular weight excluding hydrogens is 246 g/mol. The summed E-state index contributed by atoms with van der Waals surface area (Å²) in [5, 5.41) is 0. The first kappa shape index (κ1) is 15.5. The molecule has 3 nitrogen and oxygen atoms in total. The van der Waals surface area contributed by atoms with Crippen LogP contribution in [0.25, 0.3) is 0 Å². The van der Waals surface area contributed by atoms with Crippen LogP contribution in [-0.4, -0.2) is 55.6 Å². The molecule has 1 fully saturated rings. The fourth-order valence-electron chi connectivity index (χ4n) is 3.04. The zero-order valence-electron chi connectivity index (χ0n) is 13.0.